The third kappa shape index (κ3) is 5.10. The van der Waals surface area contributed by atoms with E-state index in [1.54, 1.807) is 25.3 Å². The van der Waals surface area contributed by atoms with Gasteiger partial charge in [0.1, 0.15) is 0 Å². The second-order valence-electron chi connectivity index (χ2n) is 6.95. The molecule has 148 valence electrons. The summed E-state index contributed by atoms with van der Waals surface area (Å²) in [5.41, 5.74) is 4.15. The number of carbonyl (C=O) groups excluding carboxylic acids is 2. The lowest BCUT2D eigenvalue weighted by atomic mass is 10.1. The van der Waals surface area contributed by atoms with Crippen LogP contribution in [0, 0.1) is 6.92 Å². The number of ether oxygens (including phenoxy) is 2. The molecule has 1 amide bonds. The fourth-order valence-electron chi connectivity index (χ4n) is 3.32. The molecule has 1 N–H and O–H groups in total. The Morgan fingerprint density at radius 2 is 1.89 bits per heavy atom. The summed E-state index contributed by atoms with van der Waals surface area (Å²) in [6.45, 7) is 4.19. The van der Waals surface area contributed by atoms with Gasteiger partial charge in [-0.15, -0.1) is 0 Å². The number of carbonyl (C=O) groups is 2. The molecule has 0 spiro atoms. The molecule has 6 nitrogen and oxygen atoms in total. The number of anilines is 2. The van der Waals surface area contributed by atoms with Crippen LogP contribution in [-0.4, -0.2) is 38.7 Å². The lowest BCUT2D eigenvalue weighted by molar-refractivity contribution is -0.119. The summed E-state index contributed by atoms with van der Waals surface area (Å²) in [5, 5.41) is 2.81. The van der Waals surface area contributed by atoms with E-state index in [9.17, 15) is 9.59 Å². The Kier molecular flexibility index (Phi) is 6.66. The van der Waals surface area contributed by atoms with E-state index in [1.807, 2.05) is 25.1 Å². The second-order valence-corrected chi connectivity index (χ2v) is 6.95. The topological polar surface area (TPSA) is 67.9 Å². The highest BCUT2D eigenvalue weighted by Crippen LogP contribution is 2.25. The van der Waals surface area contributed by atoms with Gasteiger partial charge in [-0.25, -0.2) is 4.79 Å². The Hall–Kier alpha value is -2.86. The Labute approximate surface area is 165 Å². The first-order chi connectivity index (χ1) is 13.6. The molecule has 2 aromatic rings. The molecule has 0 unspecified atom stereocenters. The molecule has 2 aromatic carbocycles. The Balaban J connectivity index is 1.54. The van der Waals surface area contributed by atoms with Gasteiger partial charge in [0.25, 0.3) is 5.91 Å². The van der Waals surface area contributed by atoms with Gasteiger partial charge in [0.2, 0.25) is 0 Å². The summed E-state index contributed by atoms with van der Waals surface area (Å²) in [4.78, 5) is 26.7. The summed E-state index contributed by atoms with van der Waals surface area (Å²) < 4.78 is 10.2. The van der Waals surface area contributed by atoms with Crippen molar-refractivity contribution < 1.29 is 19.1 Å². The maximum Gasteiger partial charge on any atom is 0.338 e. The monoisotopic (exact) mass is 382 g/mol. The summed E-state index contributed by atoms with van der Waals surface area (Å²) in [7, 11) is 1.59. The van der Waals surface area contributed by atoms with Gasteiger partial charge >= 0.3 is 5.97 Å². The average molecular weight is 382 g/mol. The molecule has 6 heteroatoms. The van der Waals surface area contributed by atoms with Crippen LogP contribution in [0.5, 0.6) is 0 Å². The molecule has 1 heterocycles. The summed E-state index contributed by atoms with van der Waals surface area (Å²) in [6, 6.07) is 13.0. The van der Waals surface area contributed by atoms with Gasteiger partial charge in [-0.1, -0.05) is 12.1 Å². The minimum absolute atomic E-state index is 0.333. The molecule has 0 atom stereocenters. The molecule has 28 heavy (non-hydrogen) atoms. The van der Waals surface area contributed by atoms with E-state index in [-0.39, 0.29) is 12.5 Å². The van der Waals surface area contributed by atoms with E-state index in [2.05, 4.69) is 16.3 Å². The van der Waals surface area contributed by atoms with E-state index in [1.165, 1.54) is 18.5 Å². The molecular formula is C22H26N2O4. The van der Waals surface area contributed by atoms with Gasteiger partial charge in [-0.2, -0.15) is 0 Å². The number of hydrogen-bond donors (Lipinski definition) is 1. The van der Waals surface area contributed by atoms with Crippen LogP contribution in [0.4, 0.5) is 11.4 Å². The van der Waals surface area contributed by atoms with Crippen molar-refractivity contribution in [3.63, 3.8) is 0 Å². The van der Waals surface area contributed by atoms with Crippen LogP contribution in [0.25, 0.3) is 0 Å². The van der Waals surface area contributed by atoms with Crippen molar-refractivity contribution in [3.05, 3.63) is 59.2 Å². The average Bonchev–Trinajstić information content (AvgIpc) is 3.23. The van der Waals surface area contributed by atoms with Crippen LogP contribution >= 0.6 is 0 Å². The molecule has 0 aliphatic carbocycles. The van der Waals surface area contributed by atoms with Crippen molar-refractivity contribution in [2.45, 2.75) is 26.4 Å². The molecule has 1 aliphatic rings. The largest absolute Gasteiger partial charge is 0.452 e. The van der Waals surface area contributed by atoms with Crippen molar-refractivity contribution >= 4 is 23.3 Å². The Morgan fingerprint density at radius 1 is 1.11 bits per heavy atom. The number of amides is 1. The molecule has 3 rings (SSSR count). The Bertz CT molecular complexity index is 844. The number of benzene rings is 2. The normalized spacial score (nSPS) is 13.4. The number of rotatable bonds is 7. The van der Waals surface area contributed by atoms with Gasteiger partial charge in [0.05, 0.1) is 12.2 Å². The van der Waals surface area contributed by atoms with Gasteiger partial charge in [0.15, 0.2) is 6.61 Å². The van der Waals surface area contributed by atoms with Gasteiger partial charge in [0, 0.05) is 31.6 Å². The predicted molar refractivity (Wildman–Crippen MR) is 109 cm³/mol. The van der Waals surface area contributed by atoms with Crippen molar-refractivity contribution in [3.8, 4) is 0 Å². The molecule has 0 saturated carbocycles. The molecule has 1 aliphatic heterocycles. The van der Waals surface area contributed by atoms with E-state index in [0.717, 1.165) is 29.9 Å². The highest BCUT2D eigenvalue weighted by molar-refractivity contribution is 5.96. The lowest BCUT2D eigenvalue weighted by Crippen LogP contribution is -2.22. The first kappa shape index (κ1) is 19.9. The first-order valence-corrected chi connectivity index (χ1v) is 9.47. The maximum absolute atomic E-state index is 12.2. The van der Waals surface area contributed by atoms with Crippen molar-refractivity contribution in [2.75, 3.05) is 37.0 Å². The second kappa shape index (κ2) is 9.37. The van der Waals surface area contributed by atoms with E-state index in [0.29, 0.717) is 12.2 Å². The first-order valence-electron chi connectivity index (χ1n) is 9.47. The van der Waals surface area contributed by atoms with Crippen LogP contribution in [0.3, 0.4) is 0 Å². The van der Waals surface area contributed by atoms with Gasteiger partial charge in [-0.3, -0.25) is 4.79 Å². The van der Waals surface area contributed by atoms with Gasteiger partial charge in [-0.05, 0) is 61.2 Å². The third-order valence-corrected chi connectivity index (χ3v) is 4.76. The number of esters is 1. The number of methoxy groups -OCH3 is 1. The number of aryl methyl sites for hydroxylation is 1. The molecule has 0 aromatic heterocycles. The van der Waals surface area contributed by atoms with Crippen LogP contribution in [0.2, 0.25) is 0 Å². The summed E-state index contributed by atoms with van der Waals surface area (Å²) in [6.07, 6.45) is 2.44. The standard InChI is InChI=1S/C22H26N2O4/c1-16-12-19(24-10-3-4-11-24)8-9-20(16)23-21(25)15-28-22(26)18-7-5-6-17(13-18)14-27-2/h5-9,12-13H,3-4,10-11,14-15H2,1-2H3,(H,23,25). The van der Waals surface area contributed by atoms with Crippen molar-refractivity contribution in [1.29, 1.82) is 0 Å². The van der Waals surface area contributed by atoms with E-state index >= 15 is 0 Å². The molecule has 0 bridgehead atoms. The van der Waals surface area contributed by atoms with Crippen LogP contribution < -0.4 is 10.2 Å². The number of hydrogen-bond acceptors (Lipinski definition) is 5. The SMILES string of the molecule is COCc1cccc(C(=O)OCC(=O)Nc2ccc(N3CCCC3)cc2C)c1. The molecule has 0 radical (unpaired) electrons. The fraction of sp³-hybridized carbons (Fsp3) is 0.364. The molecule has 1 saturated heterocycles. The quantitative estimate of drug-likeness (QED) is 0.742. The van der Waals surface area contributed by atoms with Crippen molar-refractivity contribution in [2.24, 2.45) is 0 Å². The minimum Gasteiger partial charge on any atom is -0.452 e. The summed E-state index contributed by atoms with van der Waals surface area (Å²) in [5.74, 6) is -0.896. The number of nitrogens with zero attached hydrogens (tertiary/aromatic N) is 1. The van der Waals surface area contributed by atoms with E-state index < -0.39 is 5.97 Å². The zero-order valence-electron chi connectivity index (χ0n) is 16.4. The lowest BCUT2D eigenvalue weighted by Gasteiger charge is -2.19. The predicted octanol–water partition coefficient (Wildman–Crippen LogP) is 3.54. The molecule has 1 fully saturated rings. The maximum atomic E-state index is 12.2. The van der Waals surface area contributed by atoms with E-state index in [4.69, 9.17) is 9.47 Å². The summed E-state index contributed by atoms with van der Waals surface area (Å²) >= 11 is 0. The zero-order valence-corrected chi connectivity index (χ0v) is 16.4. The van der Waals surface area contributed by atoms with Crippen LogP contribution in [0.1, 0.15) is 34.3 Å². The highest BCUT2D eigenvalue weighted by Gasteiger charge is 2.15. The Morgan fingerprint density at radius 3 is 2.61 bits per heavy atom. The minimum atomic E-state index is -0.533. The van der Waals surface area contributed by atoms with Crippen LogP contribution in [0.15, 0.2) is 42.5 Å². The smallest absolute Gasteiger partial charge is 0.338 e. The van der Waals surface area contributed by atoms with Crippen molar-refractivity contribution in [1.82, 2.24) is 0 Å². The number of nitrogens with one attached hydrogen (secondary N) is 1. The molecular weight excluding hydrogens is 356 g/mol. The highest BCUT2D eigenvalue weighted by atomic mass is 16.5. The third-order valence-electron chi connectivity index (χ3n) is 4.76. The fourth-order valence-corrected chi connectivity index (χ4v) is 3.32. The van der Waals surface area contributed by atoms with Gasteiger partial charge < -0.3 is 19.7 Å². The zero-order chi connectivity index (χ0) is 19.9. The van der Waals surface area contributed by atoms with Crippen LogP contribution in [-0.2, 0) is 20.9 Å².